The van der Waals surface area contributed by atoms with Crippen molar-refractivity contribution in [1.29, 1.82) is 0 Å². The van der Waals surface area contributed by atoms with Crippen molar-refractivity contribution in [1.82, 2.24) is 15.2 Å². The van der Waals surface area contributed by atoms with Crippen LogP contribution in [0.4, 0.5) is 23.1 Å². The fraction of sp³-hybridized carbons (Fsp3) is 0.167. The molecular weight excluding hydrogens is 373 g/mol. The SMILES string of the molecule is COc1cc(Cl)c(C)cc1Nc1cnnc(Nc2cc(Cl)ccc2C)n1. The van der Waals surface area contributed by atoms with Crippen LogP contribution in [0.1, 0.15) is 11.1 Å². The molecule has 1 aromatic heterocycles. The number of rotatable bonds is 5. The van der Waals surface area contributed by atoms with Gasteiger partial charge >= 0.3 is 0 Å². The molecule has 3 rings (SSSR count). The molecule has 134 valence electrons. The van der Waals surface area contributed by atoms with Crippen molar-refractivity contribution >= 4 is 46.3 Å². The molecule has 6 nitrogen and oxygen atoms in total. The van der Waals surface area contributed by atoms with Gasteiger partial charge in [0, 0.05) is 21.8 Å². The van der Waals surface area contributed by atoms with E-state index in [0.29, 0.717) is 27.6 Å². The standard InChI is InChI=1S/C18H17Cl2N5O/c1-10-4-5-12(19)7-14(10)23-18-24-17(9-21-25-18)22-15-6-11(2)13(20)8-16(15)26-3/h4-9H,1-3H3,(H2,22,23,24,25). The second-order valence-electron chi connectivity index (χ2n) is 5.68. The summed E-state index contributed by atoms with van der Waals surface area (Å²) in [7, 11) is 1.58. The van der Waals surface area contributed by atoms with Gasteiger partial charge in [0.15, 0.2) is 5.82 Å². The number of nitrogens with zero attached hydrogens (tertiary/aromatic N) is 3. The first-order chi connectivity index (χ1) is 12.5. The average molecular weight is 390 g/mol. The Morgan fingerprint density at radius 1 is 0.962 bits per heavy atom. The lowest BCUT2D eigenvalue weighted by Crippen LogP contribution is -2.04. The summed E-state index contributed by atoms with van der Waals surface area (Å²) >= 11 is 12.2. The van der Waals surface area contributed by atoms with E-state index in [1.54, 1.807) is 13.2 Å². The number of benzene rings is 2. The van der Waals surface area contributed by atoms with E-state index in [2.05, 4.69) is 25.8 Å². The lowest BCUT2D eigenvalue weighted by Gasteiger charge is -2.13. The van der Waals surface area contributed by atoms with E-state index >= 15 is 0 Å². The number of nitrogens with one attached hydrogen (secondary N) is 2. The van der Waals surface area contributed by atoms with E-state index in [1.807, 2.05) is 38.1 Å². The fourth-order valence-electron chi connectivity index (χ4n) is 2.33. The molecule has 0 radical (unpaired) electrons. The molecule has 2 aromatic carbocycles. The largest absolute Gasteiger partial charge is 0.495 e. The second kappa shape index (κ2) is 7.76. The number of aryl methyl sites for hydroxylation is 2. The summed E-state index contributed by atoms with van der Waals surface area (Å²) in [6, 6.07) is 9.20. The van der Waals surface area contributed by atoms with Crippen LogP contribution in [0.5, 0.6) is 5.75 Å². The van der Waals surface area contributed by atoms with E-state index in [9.17, 15) is 0 Å². The number of halogens is 2. The molecule has 0 aliphatic rings. The highest BCUT2D eigenvalue weighted by molar-refractivity contribution is 6.31. The number of methoxy groups -OCH3 is 1. The molecule has 2 N–H and O–H groups in total. The van der Waals surface area contributed by atoms with E-state index in [0.717, 1.165) is 22.5 Å². The molecular formula is C18H17Cl2N5O. The molecule has 0 amide bonds. The summed E-state index contributed by atoms with van der Waals surface area (Å²) in [5, 5.41) is 15.6. The molecule has 1 heterocycles. The molecule has 0 bridgehead atoms. The van der Waals surface area contributed by atoms with Gasteiger partial charge in [-0.1, -0.05) is 29.3 Å². The lowest BCUT2D eigenvalue weighted by molar-refractivity contribution is 0.416. The molecule has 8 heteroatoms. The Bertz CT molecular complexity index is 949. The van der Waals surface area contributed by atoms with E-state index in [4.69, 9.17) is 27.9 Å². The zero-order valence-electron chi connectivity index (χ0n) is 14.5. The third-order valence-electron chi connectivity index (χ3n) is 3.75. The summed E-state index contributed by atoms with van der Waals surface area (Å²) in [5.74, 6) is 1.48. The van der Waals surface area contributed by atoms with Gasteiger partial charge in [-0.15, -0.1) is 5.10 Å². The minimum absolute atomic E-state index is 0.352. The van der Waals surface area contributed by atoms with E-state index in [1.165, 1.54) is 6.20 Å². The number of hydrogen-bond acceptors (Lipinski definition) is 6. The van der Waals surface area contributed by atoms with Crippen LogP contribution in [0, 0.1) is 13.8 Å². The highest BCUT2D eigenvalue weighted by Gasteiger charge is 2.10. The van der Waals surface area contributed by atoms with Crippen molar-refractivity contribution in [3.63, 3.8) is 0 Å². The maximum absolute atomic E-state index is 6.14. The predicted octanol–water partition coefficient (Wildman–Crippen LogP) is 5.29. The fourth-order valence-corrected chi connectivity index (χ4v) is 2.66. The highest BCUT2D eigenvalue weighted by atomic mass is 35.5. The molecule has 26 heavy (non-hydrogen) atoms. The van der Waals surface area contributed by atoms with E-state index in [-0.39, 0.29) is 0 Å². The average Bonchev–Trinajstić information content (AvgIpc) is 2.61. The number of anilines is 4. The van der Waals surface area contributed by atoms with Gasteiger partial charge < -0.3 is 15.4 Å². The molecule has 0 spiro atoms. The summed E-state index contributed by atoms with van der Waals surface area (Å²) in [6.07, 6.45) is 1.53. The van der Waals surface area contributed by atoms with Crippen LogP contribution in [0.3, 0.4) is 0 Å². The van der Waals surface area contributed by atoms with Crippen LogP contribution >= 0.6 is 23.2 Å². The monoisotopic (exact) mass is 389 g/mol. The zero-order chi connectivity index (χ0) is 18.7. The number of aromatic nitrogens is 3. The first-order valence-corrected chi connectivity index (χ1v) is 8.56. The smallest absolute Gasteiger partial charge is 0.249 e. The number of hydrogen-bond donors (Lipinski definition) is 2. The topological polar surface area (TPSA) is 72.0 Å². The van der Waals surface area contributed by atoms with Gasteiger partial charge in [0.25, 0.3) is 0 Å². The van der Waals surface area contributed by atoms with Gasteiger partial charge in [-0.05, 0) is 43.2 Å². The first kappa shape index (κ1) is 18.2. The Labute approximate surface area is 161 Å². The lowest BCUT2D eigenvalue weighted by atomic mass is 10.2. The van der Waals surface area contributed by atoms with Gasteiger partial charge in [0.05, 0.1) is 19.0 Å². The quantitative estimate of drug-likeness (QED) is 0.617. The molecule has 0 atom stereocenters. The van der Waals surface area contributed by atoms with Crippen LogP contribution in [-0.4, -0.2) is 22.3 Å². The Hall–Kier alpha value is -2.57. The molecule has 0 saturated carbocycles. The number of ether oxygens (including phenoxy) is 1. The summed E-state index contributed by atoms with van der Waals surface area (Å²) in [6.45, 7) is 3.88. The van der Waals surface area contributed by atoms with Crippen LogP contribution in [0.25, 0.3) is 0 Å². The third-order valence-corrected chi connectivity index (χ3v) is 4.39. The minimum Gasteiger partial charge on any atom is -0.495 e. The maximum Gasteiger partial charge on any atom is 0.249 e. The van der Waals surface area contributed by atoms with Crippen LogP contribution in [0.2, 0.25) is 10.0 Å². The summed E-state index contributed by atoms with van der Waals surface area (Å²) in [4.78, 5) is 4.43. The van der Waals surface area contributed by atoms with Crippen molar-refractivity contribution in [2.75, 3.05) is 17.7 Å². The van der Waals surface area contributed by atoms with Gasteiger partial charge in [-0.2, -0.15) is 10.1 Å². The Morgan fingerprint density at radius 2 is 1.77 bits per heavy atom. The Balaban J connectivity index is 1.86. The molecule has 0 fully saturated rings. The van der Waals surface area contributed by atoms with Gasteiger partial charge in [0.2, 0.25) is 5.95 Å². The molecule has 0 aliphatic heterocycles. The van der Waals surface area contributed by atoms with Gasteiger partial charge in [0.1, 0.15) is 5.75 Å². The van der Waals surface area contributed by atoms with Crippen LogP contribution in [0.15, 0.2) is 36.5 Å². The van der Waals surface area contributed by atoms with Crippen molar-refractivity contribution in [2.24, 2.45) is 0 Å². The zero-order valence-corrected chi connectivity index (χ0v) is 16.0. The predicted molar refractivity (Wildman–Crippen MR) is 105 cm³/mol. The van der Waals surface area contributed by atoms with Gasteiger partial charge in [-0.25, -0.2) is 0 Å². The third kappa shape index (κ3) is 4.15. The van der Waals surface area contributed by atoms with Gasteiger partial charge in [-0.3, -0.25) is 0 Å². The Kier molecular flexibility index (Phi) is 5.44. The van der Waals surface area contributed by atoms with Crippen molar-refractivity contribution < 1.29 is 4.74 Å². The minimum atomic E-state index is 0.352. The molecule has 0 unspecified atom stereocenters. The molecule has 3 aromatic rings. The van der Waals surface area contributed by atoms with Crippen molar-refractivity contribution in [2.45, 2.75) is 13.8 Å². The molecule has 0 saturated heterocycles. The first-order valence-electron chi connectivity index (χ1n) is 7.80. The highest BCUT2D eigenvalue weighted by Crippen LogP contribution is 2.32. The second-order valence-corrected chi connectivity index (χ2v) is 6.52. The van der Waals surface area contributed by atoms with E-state index < -0.39 is 0 Å². The van der Waals surface area contributed by atoms with Crippen LogP contribution in [-0.2, 0) is 0 Å². The normalized spacial score (nSPS) is 10.5. The Morgan fingerprint density at radius 3 is 2.54 bits per heavy atom. The van der Waals surface area contributed by atoms with Crippen LogP contribution < -0.4 is 15.4 Å². The summed E-state index contributed by atoms with van der Waals surface area (Å²) < 4.78 is 5.37. The summed E-state index contributed by atoms with van der Waals surface area (Å²) in [5.41, 5.74) is 3.49. The van der Waals surface area contributed by atoms with Crippen molar-refractivity contribution in [3.05, 3.63) is 57.7 Å². The molecule has 0 aliphatic carbocycles. The van der Waals surface area contributed by atoms with Crippen molar-refractivity contribution in [3.8, 4) is 5.75 Å². The maximum atomic E-state index is 6.14.